The molecule has 0 bridgehead atoms. The Morgan fingerprint density at radius 2 is 1.00 bits per heavy atom. The van der Waals surface area contributed by atoms with Gasteiger partial charge in [-0.1, -0.05) is 0 Å². The van der Waals surface area contributed by atoms with Crippen molar-refractivity contribution >= 4 is 114 Å². The standard InChI is InChI=1S/C15H14ClI3N2O4/c1-6(22)20(7(2)23)14-11(17)10(5-16)12(18)15(13(14)19)21(8(3)24)9(4)25/h5H2,1-4H3. The van der Waals surface area contributed by atoms with Gasteiger partial charge < -0.3 is 0 Å². The van der Waals surface area contributed by atoms with Crippen molar-refractivity contribution in [1.29, 1.82) is 0 Å². The average molecular weight is 702 g/mol. The van der Waals surface area contributed by atoms with E-state index in [1.165, 1.54) is 27.7 Å². The van der Waals surface area contributed by atoms with Crippen molar-refractivity contribution in [3.63, 3.8) is 0 Å². The van der Waals surface area contributed by atoms with E-state index in [1.807, 2.05) is 67.8 Å². The number of halogens is 4. The highest BCUT2D eigenvalue weighted by molar-refractivity contribution is 14.1. The molecule has 0 aliphatic heterocycles. The predicted octanol–water partition coefficient (Wildman–Crippen LogP) is 4.04. The Balaban J connectivity index is 4.03. The van der Waals surface area contributed by atoms with Gasteiger partial charge in [-0.3, -0.25) is 19.2 Å². The molecule has 0 heterocycles. The molecule has 0 N–H and O–H groups in total. The zero-order chi connectivity index (χ0) is 19.6. The number of nitrogens with zero attached hydrogens (tertiary/aromatic N) is 2. The van der Waals surface area contributed by atoms with Crippen molar-refractivity contribution in [2.45, 2.75) is 33.6 Å². The van der Waals surface area contributed by atoms with Crippen LogP contribution in [0.3, 0.4) is 0 Å². The number of imide groups is 2. The number of rotatable bonds is 3. The van der Waals surface area contributed by atoms with E-state index in [9.17, 15) is 19.2 Å². The number of alkyl halides is 1. The summed E-state index contributed by atoms with van der Waals surface area (Å²) in [5.74, 6) is -1.76. The molecule has 10 heteroatoms. The van der Waals surface area contributed by atoms with Crippen LogP contribution in [-0.2, 0) is 25.1 Å². The summed E-state index contributed by atoms with van der Waals surface area (Å²) in [6.45, 7) is 5.11. The molecule has 1 aromatic rings. The quantitative estimate of drug-likeness (QED) is 0.353. The van der Waals surface area contributed by atoms with Gasteiger partial charge in [0.25, 0.3) is 0 Å². The second-order valence-electron chi connectivity index (χ2n) is 5.00. The summed E-state index contributed by atoms with van der Waals surface area (Å²) in [6, 6.07) is 0. The molecule has 0 saturated carbocycles. The van der Waals surface area contributed by atoms with Crippen molar-refractivity contribution in [3.05, 3.63) is 16.3 Å². The third-order valence-corrected chi connectivity index (χ3v) is 6.81. The first-order valence-electron chi connectivity index (χ1n) is 6.85. The molecule has 0 aliphatic carbocycles. The van der Waals surface area contributed by atoms with Crippen LogP contribution in [0.4, 0.5) is 11.4 Å². The van der Waals surface area contributed by atoms with Gasteiger partial charge in [-0.05, 0) is 73.3 Å². The fraction of sp³-hybridized carbons (Fsp3) is 0.333. The molecule has 0 aromatic heterocycles. The summed E-state index contributed by atoms with van der Waals surface area (Å²) in [7, 11) is 0. The fourth-order valence-electron chi connectivity index (χ4n) is 2.27. The Kier molecular flexibility index (Phi) is 8.53. The second-order valence-corrected chi connectivity index (χ2v) is 8.50. The van der Waals surface area contributed by atoms with Gasteiger partial charge in [-0.15, -0.1) is 11.6 Å². The van der Waals surface area contributed by atoms with E-state index in [4.69, 9.17) is 11.6 Å². The van der Waals surface area contributed by atoms with Gasteiger partial charge >= 0.3 is 0 Å². The lowest BCUT2D eigenvalue weighted by Crippen LogP contribution is -2.38. The first kappa shape index (κ1) is 23.0. The minimum absolute atomic E-state index is 0.0980. The Hall–Kier alpha value is -0.0200. The number of carbonyl (C=O) groups is 4. The highest BCUT2D eigenvalue weighted by atomic mass is 127. The van der Waals surface area contributed by atoms with Crippen molar-refractivity contribution in [3.8, 4) is 0 Å². The van der Waals surface area contributed by atoms with Crippen LogP contribution in [0.5, 0.6) is 0 Å². The van der Waals surface area contributed by atoms with E-state index >= 15 is 0 Å². The van der Waals surface area contributed by atoms with Crippen LogP contribution >= 0.6 is 79.4 Å². The molecule has 1 aromatic carbocycles. The summed E-state index contributed by atoms with van der Waals surface area (Å²) in [6.07, 6.45) is 0. The maximum absolute atomic E-state index is 12.0. The molecule has 25 heavy (non-hydrogen) atoms. The summed E-state index contributed by atoms with van der Waals surface area (Å²) in [5.41, 5.74) is 1.31. The second kappa shape index (κ2) is 9.26. The summed E-state index contributed by atoms with van der Waals surface area (Å²) >= 11 is 12.1. The largest absolute Gasteiger partial charge is 0.274 e. The van der Waals surface area contributed by atoms with E-state index < -0.39 is 23.6 Å². The zero-order valence-corrected chi connectivity index (χ0v) is 21.0. The normalized spacial score (nSPS) is 10.4. The minimum atomic E-state index is -0.465. The van der Waals surface area contributed by atoms with Crippen LogP contribution in [0, 0.1) is 10.7 Å². The Bertz CT molecular complexity index is 696. The van der Waals surface area contributed by atoms with Gasteiger partial charge in [0.05, 0.1) is 14.9 Å². The van der Waals surface area contributed by atoms with Crippen LogP contribution in [0.1, 0.15) is 33.3 Å². The lowest BCUT2D eigenvalue weighted by molar-refractivity contribution is -0.125. The third-order valence-electron chi connectivity index (χ3n) is 3.20. The minimum Gasteiger partial charge on any atom is -0.274 e. The van der Waals surface area contributed by atoms with E-state index in [0.717, 1.165) is 9.80 Å². The van der Waals surface area contributed by atoms with Gasteiger partial charge in [0.15, 0.2) is 0 Å². The topological polar surface area (TPSA) is 74.8 Å². The van der Waals surface area contributed by atoms with Gasteiger partial charge in [-0.2, -0.15) is 0 Å². The Morgan fingerprint density at radius 3 is 1.20 bits per heavy atom. The monoisotopic (exact) mass is 702 g/mol. The smallest absolute Gasteiger partial charge is 0.230 e. The maximum atomic E-state index is 12.0. The maximum Gasteiger partial charge on any atom is 0.230 e. The first-order valence-corrected chi connectivity index (χ1v) is 10.6. The van der Waals surface area contributed by atoms with E-state index in [0.29, 0.717) is 27.6 Å². The van der Waals surface area contributed by atoms with Crippen LogP contribution in [-0.4, -0.2) is 23.6 Å². The molecule has 0 aliphatic rings. The van der Waals surface area contributed by atoms with Crippen molar-refractivity contribution in [2.24, 2.45) is 0 Å². The molecule has 136 valence electrons. The first-order chi connectivity index (χ1) is 11.5. The summed E-state index contributed by atoms with van der Waals surface area (Å²) < 4.78 is 1.71. The molecular formula is C15H14ClI3N2O4. The zero-order valence-electron chi connectivity index (χ0n) is 13.7. The number of amides is 4. The Labute approximate surface area is 191 Å². The Morgan fingerprint density at radius 1 is 0.720 bits per heavy atom. The van der Waals surface area contributed by atoms with Gasteiger partial charge in [0, 0.05) is 40.7 Å². The van der Waals surface area contributed by atoms with Gasteiger partial charge in [-0.25, -0.2) is 9.80 Å². The predicted molar refractivity (Wildman–Crippen MR) is 122 cm³/mol. The molecule has 0 radical (unpaired) electrons. The van der Waals surface area contributed by atoms with Gasteiger partial charge in [0.1, 0.15) is 0 Å². The van der Waals surface area contributed by atoms with Crippen LogP contribution in [0.15, 0.2) is 0 Å². The van der Waals surface area contributed by atoms with Gasteiger partial charge in [0.2, 0.25) is 23.6 Å². The molecule has 1 rings (SSSR count). The third kappa shape index (κ3) is 4.64. The van der Waals surface area contributed by atoms with E-state index in [2.05, 4.69) is 0 Å². The van der Waals surface area contributed by atoms with Crippen molar-refractivity contribution in [2.75, 3.05) is 9.80 Å². The number of benzene rings is 1. The van der Waals surface area contributed by atoms with Crippen molar-refractivity contribution < 1.29 is 19.2 Å². The molecule has 0 saturated heterocycles. The fourth-order valence-corrected chi connectivity index (χ4v) is 7.50. The molecule has 6 nitrogen and oxygen atoms in total. The van der Waals surface area contributed by atoms with E-state index in [1.54, 1.807) is 0 Å². The van der Waals surface area contributed by atoms with Crippen molar-refractivity contribution in [1.82, 2.24) is 0 Å². The summed E-state index contributed by atoms with van der Waals surface area (Å²) in [5, 5.41) is 0. The molecule has 4 amide bonds. The highest BCUT2D eigenvalue weighted by Crippen LogP contribution is 2.43. The van der Waals surface area contributed by atoms with Crippen LogP contribution in [0.25, 0.3) is 0 Å². The van der Waals surface area contributed by atoms with Crippen LogP contribution < -0.4 is 9.80 Å². The number of carbonyl (C=O) groups excluding carboxylic acids is 4. The molecule has 0 fully saturated rings. The van der Waals surface area contributed by atoms with Crippen LogP contribution in [0.2, 0.25) is 0 Å². The number of anilines is 2. The SMILES string of the molecule is CC(=O)N(C(C)=O)c1c(I)c(CCl)c(I)c(N(C(C)=O)C(C)=O)c1I. The number of hydrogen-bond acceptors (Lipinski definition) is 4. The number of hydrogen-bond donors (Lipinski definition) is 0. The van der Waals surface area contributed by atoms with E-state index in [-0.39, 0.29) is 5.88 Å². The molecule has 0 unspecified atom stereocenters. The highest BCUT2D eigenvalue weighted by Gasteiger charge is 2.32. The molecule has 0 atom stereocenters. The molecule has 0 spiro atoms. The lowest BCUT2D eigenvalue weighted by atomic mass is 10.1. The lowest BCUT2D eigenvalue weighted by Gasteiger charge is -2.28. The average Bonchev–Trinajstić information content (AvgIpc) is 2.46. The molecular weight excluding hydrogens is 688 g/mol. The summed E-state index contributed by atoms with van der Waals surface area (Å²) in [4.78, 5) is 50.2.